The molecule has 2 aromatic rings. The highest BCUT2D eigenvalue weighted by atomic mass is 16.5. The number of hydrogen-bond donors (Lipinski definition) is 0. The van der Waals surface area contributed by atoms with Crippen molar-refractivity contribution in [3.05, 3.63) is 35.8 Å². The van der Waals surface area contributed by atoms with Crippen molar-refractivity contribution in [2.24, 2.45) is 0 Å². The first-order valence-electron chi connectivity index (χ1n) is 8.33. The quantitative estimate of drug-likeness (QED) is 0.836. The number of anilines is 1. The third-order valence-electron chi connectivity index (χ3n) is 4.06. The molecule has 0 radical (unpaired) electrons. The van der Waals surface area contributed by atoms with Crippen LogP contribution in [0.25, 0.3) is 0 Å². The smallest absolute Gasteiger partial charge is 0.272 e. The number of carbonyl (C=O) groups is 1. The van der Waals surface area contributed by atoms with Crippen LogP contribution in [0.1, 0.15) is 48.1 Å². The summed E-state index contributed by atoms with van der Waals surface area (Å²) in [6, 6.07) is 3.65. The van der Waals surface area contributed by atoms with Crippen LogP contribution in [0.5, 0.6) is 0 Å². The van der Waals surface area contributed by atoms with Gasteiger partial charge in [-0.05, 0) is 12.1 Å². The van der Waals surface area contributed by atoms with Crippen molar-refractivity contribution in [1.29, 1.82) is 0 Å². The zero-order chi connectivity index (χ0) is 18.0. The van der Waals surface area contributed by atoms with Crippen molar-refractivity contribution in [3.8, 4) is 0 Å². The Morgan fingerprint density at radius 1 is 1.36 bits per heavy atom. The lowest BCUT2D eigenvalue weighted by molar-refractivity contribution is -0.0352. The summed E-state index contributed by atoms with van der Waals surface area (Å²) in [5.74, 6) is 1.01. The van der Waals surface area contributed by atoms with Crippen LogP contribution in [-0.4, -0.2) is 59.8 Å². The Hall–Kier alpha value is -2.48. The summed E-state index contributed by atoms with van der Waals surface area (Å²) in [7, 11) is 3.85. The van der Waals surface area contributed by atoms with Gasteiger partial charge >= 0.3 is 0 Å². The van der Waals surface area contributed by atoms with Gasteiger partial charge in [-0.1, -0.05) is 13.8 Å². The van der Waals surface area contributed by atoms with E-state index in [2.05, 4.69) is 15.2 Å². The SMILES string of the molecule is CC(C)c1nnc([C@H]2CN(C(=O)c3cc(N(C)C)ccn3)CCO2)o1. The summed E-state index contributed by atoms with van der Waals surface area (Å²) in [6.07, 6.45) is 1.24. The molecular formula is C17H23N5O3. The summed E-state index contributed by atoms with van der Waals surface area (Å²) < 4.78 is 11.4. The van der Waals surface area contributed by atoms with Crippen molar-refractivity contribution in [3.63, 3.8) is 0 Å². The second-order valence-corrected chi connectivity index (χ2v) is 6.54. The molecule has 3 heterocycles. The zero-order valence-electron chi connectivity index (χ0n) is 15.0. The van der Waals surface area contributed by atoms with E-state index in [1.165, 1.54) is 0 Å². The van der Waals surface area contributed by atoms with Crippen LogP contribution in [0.3, 0.4) is 0 Å². The molecule has 0 saturated carbocycles. The van der Waals surface area contributed by atoms with Gasteiger partial charge in [0, 0.05) is 38.4 Å². The van der Waals surface area contributed by atoms with Gasteiger partial charge in [0.1, 0.15) is 5.69 Å². The predicted molar refractivity (Wildman–Crippen MR) is 91.5 cm³/mol. The van der Waals surface area contributed by atoms with Crippen LogP contribution in [0.15, 0.2) is 22.7 Å². The number of carbonyl (C=O) groups excluding carboxylic acids is 1. The Balaban J connectivity index is 1.74. The number of hydrogen-bond acceptors (Lipinski definition) is 7. The van der Waals surface area contributed by atoms with E-state index in [0.29, 0.717) is 37.2 Å². The van der Waals surface area contributed by atoms with Gasteiger partial charge in [-0.2, -0.15) is 0 Å². The van der Waals surface area contributed by atoms with Gasteiger partial charge in [-0.3, -0.25) is 9.78 Å². The number of aromatic nitrogens is 3. The maximum absolute atomic E-state index is 12.8. The fourth-order valence-electron chi connectivity index (χ4n) is 2.57. The normalized spacial score (nSPS) is 17.8. The minimum atomic E-state index is -0.408. The lowest BCUT2D eigenvalue weighted by Gasteiger charge is -2.31. The number of ether oxygens (including phenoxy) is 1. The Morgan fingerprint density at radius 2 is 2.16 bits per heavy atom. The zero-order valence-corrected chi connectivity index (χ0v) is 15.0. The molecule has 1 amide bonds. The molecule has 3 rings (SSSR count). The molecule has 1 aliphatic rings. The standard InChI is InChI=1S/C17H23N5O3/c1-11(2)15-19-20-16(25-15)14-10-22(7-8-24-14)17(23)13-9-12(21(3)4)5-6-18-13/h5-6,9,11,14H,7-8,10H2,1-4H3/t14-/m1/s1. The Labute approximate surface area is 146 Å². The fourth-order valence-corrected chi connectivity index (χ4v) is 2.57. The topological polar surface area (TPSA) is 84.6 Å². The highest BCUT2D eigenvalue weighted by Gasteiger charge is 2.30. The summed E-state index contributed by atoms with van der Waals surface area (Å²) in [6.45, 7) is 5.26. The summed E-state index contributed by atoms with van der Waals surface area (Å²) >= 11 is 0. The molecule has 0 N–H and O–H groups in total. The van der Waals surface area contributed by atoms with Crippen molar-refractivity contribution < 1.29 is 13.9 Å². The van der Waals surface area contributed by atoms with Gasteiger partial charge in [0.25, 0.3) is 5.91 Å². The van der Waals surface area contributed by atoms with E-state index in [4.69, 9.17) is 9.15 Å². The second kappa shape index (κ2) is 7.18. The summed E-state index contributed by atoms with van der Waals surface area (Å²) in [4.78, 5) is 20.7. The maximum Gasteiger partial charge on any atom is 0.272 e. The highest BCUT2D eigenvalue weighted by molar-refractivity contribution is 5.93. The van der Waals surface area contributed by atoms with Crippen molar-refractivity contribution in [2.75, 3.05) is 38.7 Å². The summed E-state index contributed by atoms with van der Waals surface area (Å²) in [5, 5.41) is 8.09. The van der Waals surface area contributed by atoms with E-state index in [9.17, 15) is 4.79 Å². The number of amides is 1. The molecular weight excluding hydrogens is 322 g/mol. The lowest BCUT2D eigenvalue weighted by Crippen LogP contribution is -2.42. The Bertz CT molecular complexity index is 743. The average Bonchev–Trinajstić information content (AvgIpc) is 3.12. The molecule has 0 spiro atoms. The van der Waals surface area contributed by atoms with Crippen LogP contribution >= 0.6 is 0 Å². The molecule has 25 heavy (non-hydrogen) atoms. The first-order chi connectivity index (χ1) is 12.0. The Kier molecular flexibility index (Phi) is 4.98. The molecule has 0 unspecified atom stereocenters. The fraction of sp³-hybridized carbons (Fsp3) is 0.529. The number of rotatable bonds is 4. The molecule has 8 heteroatoms. The average molecular weight is 345 g/mol. The molecule has 1 aliphatic heterocycles. The molecule has 0 bridgehead atoms. The number of nitrogens with zero attached hydrogens (tertiary/aromatic N) is 5. The van der Waals surface area contributed by atoms with E-state index >= 15 is 0 Å². The molecule has 134 valence electrons. The van der Waals surface area contributed by atoms with E-state index < -0.39 is 6.10 Å². The first-order valence-corrected chi connectivity index (χ1v) is 8.33. The van der Waals surface area contributed by atoms with Crippen LogP contribution in [0.4, 0.5) is 5.69 Å². The minimum Gasteiger partial charge on any atom is -0.422 e. The van der Waals surface area contributed by atoms with Crippen LogP contribution in [0.2, 0.25) is 0 Å². The molecule has 1 saturated heterocycles. The largest absolute Gasteiger partial charge is 0.422 e. The molecule has 1 fully saturated rings. The van der Waals surface area contributed by atoms with Crippen molar-refractivity contribution in [1.82, 2.24) is 20.1 Å². The summed E-state index contributed by atoms with van der Waals surface area (Å²) in [5.41, 5.74) is 1.35. The molecule has 1 atom stereocenters. The first kappa shape index (κ1) is 17.3. The van der Waals surface area contributed by atoms with Crippen LogP contribution < -0.4 is 4.90 Å². The van der Waals surface area contributed by atoms with Gasteiger partial charge in [0.2, 0.25) is 11.8 Å². The second-order valence-electron chi connectivity index (χ2n) is 6.54. The van der Waals surface area contributed by atoms with Gasteiger partial charge in [0.15, 0.2) is 6.10 Å². The van der Waals surface area contributed by atoms with Gasteiger partial charge in [-0.15, -0.1) is 10.2 Å². The van der Waals surface area contributed by atoms with Gasteiger partial charge in [-0.25, -0.2) is 0 Å². The molecule has 0 aliphatic carbocycles. The predicted octanol–water partition coefficient (Wildman–Crippen LogP) is 1.87. The van der Waals surface area contributed by atoms with Crippen molar-refractivity contribution >= 4 is 11.6 Å². The number of morpholine rings is 1. The lowest BCUT2D eigenvalue weighted by atomic mass is 10.2. The highest BCUT2D eigenvalue weighted by Crippen LogP contribution is 2.24. The monoisotopic (exact) mass is 345 g/mol. The van der Waals surface area contributed by atoms with Gasteiger partial charge < -0.3 is 19.0 Å². The molecule has 8 nitrogen and oxygen atoms in total. The number of pyridine rings is 1. The van der Waals surface area contributed by atoms with E-state index in [1.807, 2.05) is 38.9 Å². The molecule has 0 aromatic carbocycles. The van der Waals surface area contributed by atoms with Crippen LogP contribution in [-0.2, 0) is 4.74 Å². The molecule has 2 aromatic heterocycles. The van der Waals surface area contributed by atoms with E-state index in [1.54, 1.807) is 17.2 Å². The third kappa shape index (κ3) is 3.79. The Morgan fingerprint density at radius 3 is 2.84 bits per heavy atom. The van der Waals surface area contributed by atoms with Crippen LogP contribution in [0, 0.1) is 0 Å². The van der Waals surface area contributed by atoms with E-state index in [0.717, 1.165) is 5.69 Å². The van der Waals surface area contributed by atoms with Crippen molar-refractivity contribution in [2.45, 2.75) is 25.9 Å². The maximum atomic E-state index is 12.8. The van der Waals surface area contributed by atoms with Gasteiger partial charge in [0.05, 0.1) is 13.2 Å². The third-order valence-corrected chi connectivity index (χ3v) is 4.06. The van der Waals surface area contributed by atoms with E-state index in [-0.39, 0.29) is 11.8 Å². The minimum absolute atomic E-state index is 0.124.